The molecule has 3 rings (SSSR count). The Bertz CT molecular complexity index is 500. The quantitative estimate of drug-likeness (QED) is 0.865. The van der Waals surface area contributed by atoms with Crippen molar-refractivity contribution in [3.8, 4) is 0 Å². The summed E-state index contributed by atoms with van der Waals surface area (Å²) >= 11 is 0. The van der Waals surface area contributed by atoms with Crippen LogP contribution >= 0.6 is 0 Å². The van der Waals surface area contributed by atoms with Gasteiger partial charge < -0.3 is 4.90 Å². The highest BCUT2D eigenvalue weighted by atomic mass is 15.4. The maximum atomic E-state index is 5.85. The zero-order chi connectivity index (χ0) is 16.2. The normalized spacial score (nSPS) is 21.8. The maximum Gasteiger partial charge on any atom is 0.0399 e. The van der Waals surface area contributed by atoms with E-state index in [4.69, 9.17) is 5.84 Å². The lowest BCUT2D eigenvalue weighted by molar-refractivity contribution is 0.163. The Morgan fingerprint density at radius 1 is 1.00 bits per heavy atom. The maximum absolute atomic E-state index is 5.85. The highest BCUT2D eigenvalue weighted by Gasteiger charge is 2.21. The molecule has 1 aromatic rings. The van der Waals surface area contributed by atoms with Crippen molar-refractivity contribution in [2.24, 2.45) is 11.8 Å². The van der Waals surface area contributed by atoms with Crippen molar-refractivity contribution in [2.75, 3.05) is 50.7 Å². The lowest BCUT2D eigenvalue weighted by Crippen LogP contribution is -2.47. The molecule has 0 spiro atoms. The number of hydrogen-bond acceptors (Lipinski definition) is 4. The molecular formula is C19H32N4. The Kier molecular flexibility index (Phi) is 5.57. The van der Waals surface area contributed by atoms with Gasteiger partial charge in [-0.3, -0.25) is 10.7 Å². The van der Waals surface area contributed by atoms with Crippen LogP contribution in [-0.4, -0.2) is 55.7 Å². The van der Waals surface area contributed by atoms with Crippen LogP contribution < -0.4 is 10.7 Å². The standard InChI is InChI=1S/C19H32N4/c1-16-4-3-5-19(17(16)2)22-14-12-21(13-15-22)9-6-18-7-10-23(20)11-8-18/h3-5,18H,6-15,20H2,1-2H3. The van der Waals surface area contributed by atoms with E-state index in [9.17, 15) is 0 Å². The molecule has 2 aliphatic heterocycles. The van der Waals surface area contributed by atoms with Crippen molar-refractivity contribution >= 4 is 5.69 Å². The first-order valence-corrected chi connectivity index (χ1v) is 9.16. The number of anilines is 1. The molecule has 2 saturated heterocycles. The third-order valence-electron chi connectivity index (χ3n) is 5.79. The Morgan fingerprint density at radius 3 is 2.39 bits per heavy atom. The second-order valence-corrected chi connectivity index (χ2v) is 7.32. The Balaban J connectivity index is 1.44. The van der Waals surface area contributed by atoms with Gasteiger partial charge in [0.15, 0.2) is 0 Å². The monoisotopic (exact) mass is 316 g/mol. The first-order valence-electron chi connectivity index (χ1n) is 9.16. The fourth-order valence-electron chi connectivity index (χ4n) is 3.90. The second kappa shape index (κ2) is 7.65. The summed E-state index contributed by atoms with van der Waals surface area (Å²) in [5.41, 5.74) is 4.27. The molecule has 0 saturated carbocycles. The topological polar surface area (TPSA) is 35.7 Å². The molecule has 0 amide bonds. The minimum absolute atomic E-state index is 0.881. The van der Waals surface area contributed by atoms with E-state index in [2.05, 4.69) is 41.8 Å². The van der Waals surface area contributed by atoms with Gasteiger partial charge in [-0.1, -0.05) is 12.1 Å². The van der Waals surface area contributed by atoms with E-state index in [-0.39, 0.29) is 0 Å². The van der Waals surface area contributed by atoms with Gasteiger partial charge in [0.2, 0.25) is 0 Å². The van der Waals surface area contributed by atoms with Crippen LogP contribution in [0.4, 0.5) is 5.69 Å². The van der Waals surface area contributed by atoms with Gasteiger partial charge in [-0.05, 0) is 62.8 Å². The lowest BCUT2D eigenvalue weighted by Gasteiger charge is -2.38. The van der Waals surface area contributed by atoms with E-state index in [0.29, 0.717) is 0 Å². The van der Waals surface area contributed by atoms with Crippen molar-refractivity contribution in [3.63, 3.8) is 0 Å². The SMILES string of the molecule is Cc1cccc(N2CCN(CCC3CCN(N)CC3)CC2)c1C. The van der Waals surface area contributed by atoms with E-state index in [1.54, 1.807) is 0 Å². The van der Waals surface area contributed by atoms with Gasteiger partial charge in [0, 0.05) is 45.0 Å². The van der Waals surface area contributed by atoms with E-state index < -0.39 is 0 Å². The van der Waals surface area contributed by atoms with E-state index in [0.717, 1.165) is 32.1 Å². The molecule has 0 radical (unpaired) electrons. The number of hydrazine groups is 1. The Labute approximate surface area is 141 Å². The van der Waals surface area contributed by atoms with Crippen LogP contribution in [0.3, 0.4) is 0 Å². The number of aryl methyl sites for hydroxylation is 1. The fourth-order valence-corrected chi connectivity index (χ4v) is 3.90. The summed E-state index contributed by atoms with van der Waals surface area (Å²) in [5.74, 6) is 6.73. The number of nitrogens with zero attached hydrogens (tertiary/aromatic N) is 3. The first kappa shape index (κ1) is 16.7. The summed E-state index contributed by atoms with van der Waals surface area (Å²) in [4.78, 5) is 5.21. The van der Waals surface area contributed by atoms with Gasteiger partial charge in [-0.25, -0.2) is 5.01 Å². The molecule has 2 fully saturated rings. The van der Waals surface area contributed by atoms with Crippen LogP contribution in [0.1, 0.15) is 30.4 Å². The van der Waals surface area contributed by atoms with Crippen LogP contribution in [0, 0.1) is 19.8 Å². The number of rotatable bonds is 4. The average molecular weight is 316 g/mol. The molecule has 2 aliphatic rings. The molecule has 128 valence electrons. The second-order valence-electron chi connectivity index (χ2n) is 7.32. The summed E-state index contributed by atoms with van der Waals surface area (Å²) in [5, 5.41) is 1.97. The third kappa shape index (κ3) is 4.25. The van der Waals surface area contributed by atoms with Crippen LogP contribution in [0.25, 0.3) is 0 Å². The largest absolute Gasteiger partial charge is 0.369 e. The number of hydrogen-bond donors (Lipinski definition) is 1. The van der Waals surface area contributed by atoms with E-state index in [1.807, 2.05) is 5.01 Å². The van der Waals surface area contributed by atoms with Gasteiger partial charge in [0.1, 0.15) is 0 Å². The smallest absolute Gasteiger partial charge is 0.0399 e. The minimum atomic E-state index is 0.881. The zero-order valence-corrected chi connectivity index (χ0v) is 14.8. The Morgan fingerprint density at radius 2 is 1.70 bits per heavy atom. The predicted octanol–water partition coefficient (Wildman–Crippen LogP) is 2.40. The molecule has 23 heavy (non-hydrogen) atoms. The molecular weight excluding hydrogens is 284 g/mol. The lowest BCUT2D eigenvalue weighted by atomic mass is 9.94. The van der Waals surface area contributed by atoms with E-state index in [1.165, 1.54) is 55.7 Å². The highest BCUT2D eigenvalue weighted by Crippen LogP contribution is 2.24. The van der Waals surface area contributed by atoms with Gasteiger partial charge >= 0.3 is 0 Å². The number of benzene rings is 1. The van der Waals surface area contributed by atoms with Crippen LogP contribution in [0.2, 0.25) is 0 Å². The molecule has 4 nitrogen and oxygen atoms in total. The molecule has 2 heterocycles. The van der Waals surface area contributed by atoms with Gasteiger partial charge in [-0.2, -0.15) is 0 Å². The fraction of sp³-hybridized carbons (Fsp3) is 0.684. The van der Waals surface area contributed by atoms with Gasteiger partial charge in [0.25, 0.3) is 0 Å². The van der Waals surface area contributed by atoms with Gasteiger partial charge in [0.05, 0.1) is 0 Å². The highest BCUT2D eigenvalue weighted by molar-refractivity contribution is 5.56. The number of piperazine rings is 1. The van der Waals surface area contributed by atoms with Gasteiger partial charge in [-0.15, -0.1) is 0 Å². The van der Waals surface area contributed by atoms with Crippen molar-refractivity contribution in [2.45, 2.75) is 33.1 Å². The van der Waals surface area contributed by atoms with E-state index >= 15 is 0 Å². The minimum Gasteiger partial charge on any atom is -0.369 e. The molecule has 0 bridgehead atoms. The van der Waals surface area contributed by atoms with Crippen LogP contribution in [-0.2, 0) is 0 Å². The summed E-state index contributed by atoms with van der Waals surface area (Å²) < 4.78 is 0. The molecule has 0 aromatic heterocycles. The zero-order valence-electron chi connectivity index (χ0n) is 14.8. The Hall–Kier alpha value is -1.10. The molecule has 2 N–H and O–H groups in total. The van der Waals surface area contributed by atoms with Crippen molar-refractivity contribution in [3.05, 3.63) is 29.3 Å². The molecule has 4 heteroatoms. The number of piperidine rings is 1. The molecule has 0 atom stereocenters. The number of nitrogens with two attached hydrogens (primary N) is 1. The molecule has 1 aromatic carbocycles. The first-order chi connectivity index (χ1) is 11.1. The van der Waals surface area contributed by atoms with Crippen LogP contribution in [0.15, 0.2) is 18.2 Å². The predicted molar refractivity (Wildman–Crippen MR) is 97.7 cm³/mol. The molecule has 0 unspecified atom stereocenters. The average Bonchev–Trinajstić information content (AvgIpc) is 2.57. The molecule has 0 aliphatic carbocycles. The third-order valence-corrected chi connectivity index (χ3v) is 5.79. The van der Waals surface area contributed by atoms with Crippen molar-refractivity contribution in [1.82, 2.24) is 9.91 Å². The summed E-state index contributed by atoms with van der Waals surface area (Å²) in [6.07, 6.45) is 3.90. The summed E-state index contributed by atoms with van der Waals surface area (Å²) in [6, 6.07) is 6.67. The summed E-state index contributed by atoms with van der Waals surface area (Å²) in [7, 11) is 0. The van der Waals surface area contributed by atoms with Crippen molar-refractivity contribution < 1.29 is 0 Å². The summed E-state index contributed by atoms with van der Waals surface area (Å²) in [6.45, 7) is 12.6. The van der Waals surface area contributed by atoms with Crippen molar-refractivity contribution in [1.29, 1.82) is 0 Å². The van der Waals surface area contributed by atoms with Crippen LogP contribution in [0.5, 0.6) is 0 Å².